The van der Waals surface area contributed by atoms with Crippen LogP contribution in [-0.2, 0) is 29.1 Å². The van der Waals surface area contributed by atoms with E-state index in [9.17, 15) is 15.0 Å². The Morgan fingerprint density at radius 3 is 1.87 bits per heavy atom. The fraction of sp³-hybridized carbons (Fsp3) is 0.269. The van der Waals surface area contributed by atoms with Gasteiger partial charge in [0.2, 0.25) is 0 Å². The van der Waals surface area contributed by atoms with Crippen molar-refractivity contribution in [1.29, 1.82) is 0 Å². The molecule has 1 saturated heterocycles. The number of carbonyl (C=O) groups is 1. The molecule has 0 aromatic heterocycles. The molecule has 1 fully saturated rings. The lowest BCUT2D eigenvalue weighted by molar-refractivity contribution is -0.195. The van der Waals surface area contributed by atoms with Gasteiger partial charge < -0.3 is 19.8 Å². The zero-order chi connectivity index (χ0) is 21.6. The van der Waals surface area contributed by atoms with Crippen molar-refractivity contribution < 1.29 is 19.7 Å². The molecule has 0 bridgehead atoms. The zero-order valence-corrected chi connectivity index (χ0v) is 17.2. The minimum Gasteiger partial charge on any atom is -0.390 e. The molecule has 160 valence electrons. The number of rotatable bonds is 9. The van der Waals surface area contributed by atoms with Gasteiger partial charge >= 0.3 is 0 Å². The lowest BCUT2D eigenvalue weighted by atomic mass is 9.87. The zero-order valence-electron chi connectivity index (χ0n) is 17.2. The fourth-order valence-corrected chi connectivity index (χ4v) is 4.00. The summed E-state index contributed by atoms with van der Waals surface area (Å²) in [6.45, 7) is 0.638. The van der Waals surface area contributed by atoms with Gasteiger partial charge in [0.15, 0.2) is 6.10 Å². The summed E-state index contributed by atoms with van der Waals surface area (Å²) in [5, 5.41) is 21.7. The van der Waals surface area contributed by atoms with Gasteiger partial charge in [0.25, 0.3) is 5.91 Å². The highest BCUT2D eigenvalue weighted by Crippen LogP contribution is 2.31. The average Bonchev–Trinajstić information content (AvgIpc) is 2.82. The van der Waals surface area contributed by atoms with E-state index in [-0.39, 0.29) is 12.5 Å². The van der Waals surface area contributed by atoms with Crippen molar-refractivity contribution in [3.8, 4) is 0 Å². The van der Waals surface area contributed by atoms with E-state index in [1.807, 2.05) is 91.0 Å². The number of nitrogens with zero attached hydrogens (tertiary/aromatic N) is 1. The molecule has 1 aliphatic heterocycles. The summed E-state index contributed by atoms with van der Waals surface area (Å²) in [4.78, 5) is 14.5. The van der Waals surface area contributed by atoms with E-state index in [1.54, 1.807) is 4.90 Å². The predicted octanol–water partition coefficient (Wildman–Crippen LogP) is 2.95. The second-order valence-electron chi connectivity index (χ2n) is 7.91. The van der Waals surface area contributed by atoms with Crippen LogP contribution in [0.15, 0.2) is 91.0 Å². The van der Waals surface area contributed by atoms with Gasteiger partial charge in [-0.1, -0.05) is 91.0 Å². The molecule has 1 heterocycles. The minimum absolute atomic E-state index is 0.171. The number of β-lactam (4-membered cyclic amide) rings is 1. The topological polar surface area (TPSA) is 70.0 Å². The first-order valence-corrected chi connectivity index (χ1v) is 10.5. The fourth-order valence-electron chi connectivity index (χ4n) is 4.00. The summed E-state index contributed by atoms with van der Waals surface area (Å²) in [6, 6.07) is 28.2. The molecule has 5 heteroatoms. The third-order valence-corrected chi connectivity index (χ3v) is 5.70. The van der Waals surface area contributed by atoms with Gasteiger partial charge in [-0.25, -0.2) is 0 Å². The number of likely N-dealkylation sites (tertiary alicyclic amines) is 1. The van der Waals surface area contributed by atoms with Crippen molar-refractivity contribution in [2.75, 3.05) is 0 Å². The summed E-state index contributed by atoms with van der Waals surface area (Å²) in [5.41, 5.74) is 2.85. The molecule has 2 N–H and O–H groups in total. The first-order valence-electron chi connectivity index (χ1n) is 10.5. The Kier molecular flexibility index (Phi) is 6.77. The van der Waals surface area contributed by atoms with E-state index in [0.717, 1.165) is 16.7 Å². The van der Waals surface area contributed by atoms with E-state index in [4.69, 9.17) is 4.74 Å². The summed E-state index contributed by atoms with van der Waals surface area (Å²) in [5.74, 6) is -0.171. The van der Waals surface area contributed by atoms with Crippen molar-refractivity contribution in [3.63, 3.8) is 0 Å². The smallest absolute Gasteiger partial charge is 0.254 e. The van der Waals surface area contributed by atoms with Gasteiger partial charge in [0.1, 0.15) is 6.10 Å². The second kappa shape index (κ2) is 9.88. The lowest BCUT2D eigenvalue weighted by Gasteiger charge is -2.49. The number of aliphatic hydroxyl groups is 2. The lowest BCUT2D eigenvalue weighted by Crippen LogP contribution is -2.71. The van der Waals surface area contributed by atoms with Gasteiger partial charge in [0.05, 0.1) is 18.8 Å². The van der Waals surface area contributed by atoms with Crippen molar-refractivity contribution in [2.45, 2.75) is 43.9 Å². The molecule has 0 aliphatic carbocycles. The Labute approximate surface area is 182 Å². The highest BCUT2D eigenvalue weighted by molar-refractivity contribution is 5.88. The van der Waals surface area contributed by atoms with Gasteiger partial charge in [0, 0.05) is 13.0 Å². The normalized spacial score (nSPS) is 20.2. The summed E-state index contributed by atoms with van der Waals surface area (Å²) < 4.78 is 5.92. The predicted molar refractivity (Wildman–Crippen MR) is 118 cm³/mol. The molecule has 1 amide bonds. The standard InChI is InChI=1S/C26H27NO4/c28-22(16-19-10-4-1-5-11-19)24(29)23-25(31-18-21-14-8-3-9-15-21)26(30)27(23)17-20-12-6-2-7-13-20/h1-15,22-25,28-29H,16-18H2/t22-,23+,24+,25-/m1/s1. The molecular weight excluding hydrogens is 390 g/mol. The monoisotopic (exact) mass is 417 g/mol. The number of hydrogen-bond donors (Lipinski definition) is 2. The van der Waals surface area contributed by atoms with E-state index < -0.39 is 24.4 Å². The summed E-state index contributed by atoms with van der Waals surface area (Å²) >= 11 is 0. The Bertz CT molecular complexity index is 964. The van der Waals surface area contributed by atoms with Crippen LogP contribution in [0, 0.1) is 0 Å². The van der Waals surface area contributed by atoms with E-state index >= 15 is 0 Å². The van der Waals surface area contributed by atoms with E-state index in [2.05, 4.69) is 0 Å². The SMILES string of the molecule is O=C1[C@H](OCc2ccccc2)[C@H]([C@@H](O)[C@H](O)Cc2ccccc2)N1Cc1ccccc1. The van der Waals surface area contributed by atoms with Crippen LogP contribution in [0.25, 0.3) is 0 Å². The van der Waals surface area contributed by atoms with Crippen LogP contribution in [0.1, 0.15) is 16.7 Å². The van der Waals surface area contributed by atoms with Crippen LogP contribution < -0.4 is 0 Å². The van der Waals surface area contributed by atoms with Crippen LogP contribution in [0.4, 0.5) is 0 Å². The van der Waals surface area contributed by atoms with Crippen molar-refractivity contribution in [1.82, 2.24) is 4.90 Å². The number of amides is 1. The molecule has 31 heavy (non-hydrogen) atoms. The van der Waals surface area contributed by atoms with Crippen LogP contribution in [0.2, 0.25) is 0 Å². The van der Waals surface area contributed by atoms with Crippen LogP contribution >= 0.6 is 0 Å². The third-order valence-electron chi connectivity index (χ3n) is 5.70. The minimum atomic E-state index is -1.12. The first kappa shape index (κ1) is 21.2. The van der Waals surface area contributed by atoms with Gasteiger partial charge in [-0.3, -0.25) is 4.79 Å². The van der Waals surface area contributed by atoms with Gasteiger partial charge in [-0.2, -0.15) is 0 Å². The van der Waals surface area contributed by atoms with Crippen molar-refractivity contribution in [2.24, 2.45) is 0 Å². The maximum absolute atomic E-state index is 12.9. The number of benzene rings is 3. The quantitative estimate of drug-likeness (QED) is 0.525. The highest BCUT2D eigenvalue weighted by Gasteiger charge is 2.53. The molecule has 0 spiro atoms. The maximum atomic E-state index is 12.9. The molecule has 4 atom stereocenters. The molecule has 0 saturated carbocycles. The molecule has 0 radical (unpaired) electrons. The Morgan fingerprint density at radius 1 is 0.774 bits per heavy atom. The summed E-state index contributed by atoms with van der Waals surface area (Å²) in [6.07, 6.45) is -2.62. The van der Waals surface area contributed by atoms with Crippen LogP contribution in [0.3, 0.4) is 0 Å². The molecule has 1 aliphatic rings. The van der Waals surface area contributed by atoms with Crippen molar-refractivity contribution in [3.05, 3.63) is 108 Å². The Morgan fingerprint density at radius 2 is 1.29 bits per heavy atom. The number of aliphatic hydroxyl groups excluding tert-OH is 2. The maximum Gasteiger partial charge on any atom is 0.254 e. The number of carbonyl (C=O) groups excluding carboxylic acids is 1. The highest BCUT2D eigenvalue weighted by atomic mass is 16.5. The third kappa shape index (κ3) is 5.02. The molecule has 0 unspecified atom stereocenters. The Hall–Kier alpha value is -2.99. The van der Waals surface area contributed by atoms with Crippen LogP contribution in [0.5, 0.6) is 0 Å². The van der Waals surface area contributed by atoms with E-state index in [0.29, 0.717) is 13.0 Å². The molecular formula is C26H27NO4. The number of hydrogen-bond acceptors (Lipinski definition) is 4. The number of ether oxygens (including phenoxy) is 1. The summed E-state index contributed by atoms with van der Waals surface area (Å²) in [7, 11) is 0. The molecule has 5 nitrogen and oxygen atoms in total. The first-order chi connectivity index (χ1) is 15.1. The molecule has 3 aromatic carbocycles. The average molecular weight is 418 g/mol. The van der Waals surface area contributed by atoms with Crippen LogP contribution in [-0.4, -0.2) is 45.4 Å². The van der Waals surface area contributed by atoms with Gasteiger partial charge in [-0.15, -0.1) is 0 Å². The van der Waals surface area contributed by atoms with Crippen molar-refractivity contribution >= 4 is 5.91 Å². The second-order valence-corrected chi connectivity index (χ2v) is 7.91. The van der Waals surface area contributed by atoms with E-state index in [1.165, 1.54) is 0 Å². The molecule has 4 rings (SSSR count). The van der Waals surface area contributed by atoms with Gasteiger partial charge in [-0.05, 0) is 16.7 Å². The molecule has 3 aromatic rings. The largest absolute Gasteiger partial charge is 0.390 e. The Balaban J connectivity index is 1.49.